The van der Waals surface area contributed by atoms with Crippen molar-refractivity contribution in [1.82, 2.24) is 0 Å². The van der Waals surface area contributed by atoms with Crippen molar-refractivity contribution < 1.29 is 0 Å². The number of anilines is 1. The normalized spacial score (nSPS) is 10.6. The Bertz CT molecular complexity index is 469. The highest BCUT2D eigenvalue weighted by molar-refractivity contribution is 5.51. The second-order valence-corrected chi connectivity index (χ2v) is 4.06. The van der Waals surface area contributed by atoms with Crippen LogP contribution in [-0.4, -0.2) is 6.54 Å². The van der Waals surface area contributed by atoms with Gasteiger partial charge < -0.3 is 5.32 Å². The molecule has 0 aliphatic rings. The van der Waals surface area contributed by atoms with Crippen LogP contribution in [0.3, 0.4) is 0 Å². The largest absolute Gasteiger partial charge is 0.382 e. The van der Waals surface area contributed by atoms with Crippen molar-refractivity contribution in [1.29, 1.82) is 0 Å². The highest BCUT2D eigenvalue weighted by Crippen LogP contribution is 2.08. The molecule has 0 aliphatic heterocycles. The minimum Gasteiger partial charge on any atom is -0.382 e. The van der Waals surface area contributed by atoms with Crippen molar-refractivity contribution in [2.75, 3.05) is 11.9 Å². The standard InChI is InChI=1S/C16H17N/c1-14-9-11-16(12-10-14)17-13-5-8-15-6-3-2-4-7-15/h2-12,17H,13H2,1H3. The molecule has 0 aromatic heterocycles. The van der Waals surface area contributed by atoms with Crippen LogP contribution in [0.2, 0.25) is 0 Å². The van der Waals surface area contributed by atoms with Gasteiger partial charge in [0.1, 0.15) is 0 Å². The van der Waals surface area contributed by atoms with E-state index in [0.717, 1.165) is 12.2 Å². The Morgan fingerprint density at radius 2 is 1.65 bits per heavy atom. The molecule has 0 aliphatic carbocycles. The Labute approximate surface area is 103 Å². The first-order valence-electron chi connectivity index (χ1n) is 5.87. The molecule has 0 spiro atoms. The van der Waals surface area contributed by atoms with Crippen molar-refractivity contribution in [2.24, 2.45) is 0 Å². The Hall–Kier alpha value is -2.02. The topological polar surface area (TPSA) is 12.0 Å². The zero-order chi connectivity index (χ0) is 11.9. The van der Waals surface area contributed by atoms with Crippen LogP contribution in [0.1, 0.15) is 11.1 Å². The molecule has 0 saturated heterocycles. The van der Waals surface area contributed by atoms with Gasteiger partial charge in [0.15, 0.2) is 0 Å². The van der Waals surface area contributed by atoms with Crippen LogP contribution >= 0.6 is 0 Å². The first kappa shape index (κ1) is 11.5. The van der Waals surface area contributed by atoms with Gasteiger partial charge in [0, 0.05) is 12.2 Å². The SMILES string of the molecule is Cc1ccc(NCC=Cc2ccccc2)cc1. The molecular formula is C16H17N. The van der Waals surface area contributed by atoms with Crippen molar-refractivity contribution in [3.8, 4) is 0 Å². The molecule has 1 N–H and O–H groups in total. The van der Waals surface area contributed by atoms with Gasteiger partial charge in [-0.15, -0.1) is 0 Å². The summed E-state index contributed by atoms with van der Waals surface area (Å²) >= 11 is 0. The van der Waals surface area contributed by atoms with Crippen LogP contribution < -0.4 is 5.32 Å². The van der Waals surface area contributed by atoms with E-state index in [9.17, 15) is 0 Å². The molecule has 1 nitrogen and oxygen atoms in total. The maximum absolute atomic E-state index is 3.36. The van der Waals surface area contributed by atoms with Crippen molar-refractivity contribution in [3.63, 3.8) is 0 Å². The number of hydrogen-bond acceptors (Lipinski definition) is 1. The number of nitrogens with one attached hydrogen (secondary N) is 1. The first-order valence-corrected chi connectivity index (χ1v) is 5.87. The molecule has 0 unspecified atom stereocenters. The van der Waals surface area contributed by atoms with Gasteiger partial charge >= 0.3 is 0 Å². The van der Waals surface area contributed by atoms with Crippen molar-refractivity contribution in [2.45, 2.75) is 6.92 Å². The highest BCUT2D eigenvalue weighted by atomic mass is 14.8. The van der Waals surface area contributed by atoms with E-state index in [1.54, 1.807) is 0 Å². The van der Waals surface area contributed by atoms with E-state index in [-0.39, 0.29) is 0 Å². The maximum atomic E-state index is 3.36. The molecule has 17 heavy (non-hydrogen) atoms. The molecule has 0 amide bonds. The summed E-state index contributed by atoms with van der Waals surface area (Å²) in [6.45, 7) is 2.94. The molecule has 2 aromatic carbocycles. The summed E-state index contributed by atoms with van der Waals surface area (Å²) in [6.07, 6.45) is 4.26. The van der Waals surface area contributed by atoms with E-state index in [2.05, 4.69) is 60.8 Å². The molecule has 86 valence electrons. The third-order valence-electron chi connectivity index (χ3n) is 2.59. The van der Waals surface area contributed by atoms with Crippen LogP contribution in [-0.2, 0) is 0 Å². The summed E-state index contributed by atoms with van der Waals surface area (Å²) in [5.41, 5.74) is 3.68. The summed E-state index contributed by atoms with van der Waals surface area (Å²) in [6, 6.07) is 18.8. The Balaban J connectivity index is 1.84. The fraction of sp³-hybridized carbons (Fsp3) is 0.125. The third kappa shape index (κ3) is 3.80. The average Bonchev–Trinajstić information content (AvgIpc) is 2.38. The minimum atomic E-state index is 0.845. The fourth-order valence-corrected chi connectivity index (χ4v) is 1.61. The van der Waals surface area contributed by atoms with Gasteiger partial charge in [-0.05, 0) is 24.6 Å². The average molecular weight is 223 g/mol. The van der Waals surface area contributed by atoms with Gasteiger partial charge in [0.25, 0.3) is 0 Å². The van der Waals surface area contributed by atoms with Gasteiger partial charge in [0.2, 0.25) is 0 Å². The monoisotopic (exact) mass is 223 g/mol. The van der Waals surface area contributed by atoms with Crippen LogP contribution in [0.5, 0.6) is 0 Å². The predicted molar refractivity (Wildman–Crippen MR) is 75.1 cm³/mol. The van der Waals surface area contributed by atoms with Gasteiger partial charge in [-0.1, -0.05) is 60.2 Å². The molecule has 0 radical (unpaired) electrons. The maximum Gasteiger partial charge on any atom is 0.0342 e. The molecule has 0 bridgehead atoms. The van der Waals surface area contributed by atoms with E-state index >= 15 is 0 Å². The highest BCUT2D eigenvalue weighted by Gasteiger charge is 1.88. The third-order valence-corrected chi connectivity index (χ3v) is 2.59. The zero-order valence-corrected chi connectivity index (χ0v) is 10.1. The molecule has 2 rings (SSSR count). The number of rotatable bonds is 4. The molecule has 0 heterocycles. The number of aryl methyl sites for hydroxylation is 1. The van der Waals surface area contributed by atoms with Gasteiger partial charge in [-0.25, -0.2) is 0 Å². The summed E-state index contributed by atoms with van der Waals surface area (Å²) in [5.74, 6) is 0. The molecule has 0 fully saturated rings. The molecule has 1 heteroatoms. The second-order valence-electron chi connectivity index (χ2n) is 4.06. The quantitative estimate of drug-likeness (QED) is 0.822. The van der Waals surface area contributed by atoms with E-state index in [0.29, 0.717) is 0 Å². The van der Waals surface area contributed by atoms with E-state index < -0.39 is 0 Å². The van der Waals surface area contributed by atoms with Crippen LogP contribution in [0.4, 0.5) is 5.69 Å². The predicted octanol–water partition coefficient (Wildman–Crippen LogP) is 4.12. The van der Waals surface area contributed by atoms with E-state index in [4.69, 9.17) is 0 Å². The Morgan fingerprint density at radius 3 is 2.35 bits per heavy atom. The molecule has 0 atom stereocenters. The van der Waals surface area contributed by atoms with Crippen LogP contribution in [0.25, 0.3) is 6.08 Å². The molecule has 0 saturated carbocycles. The summed E-state index contributed by atoms with van der Waals surface area (Å²) in [4.78, 5) is 0. The lowest BCUT2D eigenvalue weighted by Crippen LogP contribution is -1.97. The Morgan fingerprint density at radius 1 is 0.941 bits per heavy atom. The summed E-state index contributed by atoms with van der Waals surface area (Å²) in [5, 5.41) is 3.36. The smallest absolute Gasteiger partial charge is 0.0342 e. The lowest BCUT2D eigenvalue weighted by Gasteiger charge is -2.03. The van der Waals surface area contributed by atoms with Crippen molar-refractivity contribution in [3.05, 3.63) is 71.8 Å². The van der Waals surface area contributed by atoms with Crippen molar-refractivity contribution >= 4 is 11.8 Å². The molecular weight excluding hydrogens is 206 g/mol. The fourth-order valence-electron chi connectivity index (χ4n) is 1.61. The summed E-state index contributed by atoms with van der Waals surface area (Å²) in [7, 11) is 0. The van der Waals surface area contributed by atoms with Crippen LogP contribution in [0, 0.1) is 6.92 Å². The van der Waals surface area contributed by atoms with E-state index in [1.807, 2.05) is 18.2 Å². The van der Waals surface area contributed by atoms with Gasteiger partial charge in [0.05, 0.1) is 0 Å². The second kappa shape index (κ2) is 5.90. The lowest BCUT2D eigenvalue weighted by atomic mass is 10.2. The summed E-state index contributed by atoms with van der Waals surface area (Å²) < 4.78 is 0. The van der Waals surface area contributed by atoms with Crippen LogP contribution in [0.15, 0.2) is 60.7 Å². The van der Waals surface area contributed by atoms with Gasteiger partial charge in [-0.2, -0.15) is 0 Å². The zero-order valence-electron chi connectivity index (χ0n) is 10.1. The van der Waals surface area contributed by atoms with E-state index in [1.165, 1.54) is 11.1 Å². The Kier molecular flexibility index (Phi) is 3.98. The first-order chi connectivity index (χ1) is 8.34. The van der Waals surface area contributed by atoms with Gasteiger partial charge in [-0.3, -0.25) is 0 Å². The number of hydrogen-bond donors (Lipinski definition) is 1. The lowest BCUT2D eigenvalue weighted by molar-refractivity contribution is 1.33. The minimum absolute atomic E-state index is 0.845. The molecule has 2 aromatic rings. The number of benzene rings is 2.